The molecule has 0 bridgehead atoms. The van der Waals surface area contributed by atoms with E-state index in [9.17, 15) is 13.6 Å². The normalized spacial score (nSPS) is 12.0. The second-order valence-corrected chi connectivity index (χ2v) is 6.84. The van der Waals surface area contributed by atoms with Gasteiger partial charge in [-0.15, -0.1) is 0 Å². The van der Waals surface area contributed by atoms with Gasteiger partial charge in [-0.05, 0) is 31.5 Å². The van der Waals surface area contributed by atoms with E-state index in [1.54, 1.807) is 20.2 Å². The second-order valence-electron chi connectivity index (χ2n) is 6.84. The van der Waals surface area contributed by atoms with Gasteiger partial charge in [0.05, 0.1) is 12.2 Å². The molecule has 0 radical (unpaired) electrons. The van der Waals surface area contributed by atoms with E-state index < -0.39 is 11.6 Å². The molecule has 0 aliphatic carbocycles. The number of amides is 1. The first-order valence-electron chi connectivity index (χ1n) is 9.07. The summed E-state index contributed by atoms with van der Waals surface area (Å²) < 4.78 is 32.3. The standard InChI is InChI=1S/C22H22F2N2O2/c1-14-4-6-16(7-5-14)20-13-25-21(28-20)10-11-22(27)26(3)15(2)17-8-9-18(23)19(24)12-17/h4-9,12-13,15H,10-11H2,1-3H3. The molecule has 0 saturated carbocycles. The number of benzene rings is 2. The van der Waals surface area contributed by atoms with Crippen molar-refractivity contribution in [2.45, 2.75) is 32.7 Å². The first-order chi connectivity index (χ1) is 13.3. The molecule has 0 N–H and O–H groups in total. The highest BCUT2D eigenvalue weighted by Gasteiger charge is 2.19. The van der Waals surface area contributed by atoms with Crippen LogP contribution in [-0.2, 0) is 11.2 Å². The number of rotatable bonds is 6. The molecular formula is C22H22F2N2O2. The number of hydrogen-bond acceptors (Lipinski definition) is 3. The van der Waals surface area contributed by atoms with E-state index in [1.807, 2.05) is 31.2 Å². The van der Waals surface area contributed by atoms with Gasteiger partial charge in [-0.1, -0.05) is 35.9 Å². The summed E-state index contributed by atoms with van der Waals surface area (Å²) in [4.78, 5) is 18.2. The molecule has 2 aromatic carbocycles. The van der Waals surface area contributed by atoms with Crippen LogP contribution >= 0.6 is 0 Å². The van der Waals surface area contributed by atoms with Crippen molar-refractivity contribution in [3.05, 3.63) is 77.3 Å². The third kappa shape index (κ3) is 4.44. The molecule has 0 spiro atoms. The largest absolute Gasteiger partial charge is 0.441 e. The first kappa shape index (κ1) is 19.7. The Bertz CT molecular complexity index is 967. The number of aryl methyl sites for hydroxylation is 2. The number of halogens is 2. The van der Waals surface area contributed by atoms with Gasteiger partial charge in [-0.2, -0.15) is 0 Å². The number of carbonyl (C=O) groups excluding carboxylic acids is 1. The average molecular weight is 384 g/mol. The quantitative estimate of drug-likeness (QED) is 0.595. The Hall–Kier alpha value is -3.02. The van der Waals surface area contributed by atoms with Crippen LogP contribution in [0.3, 0.4) is 0 Å². The Morgan fingerprint density at radius 2 is 1.86 bits per heavy atom. The third-order valence-electron chi connectivity index (χ3n) is 4.84. The van der Waals surface area contributed by atoms with Crippen molar-refractivity contribution in [2.75, 3.05) is 7.05 Å². The summed E-state index contributed by atoms with van der Waals surface area (Å²) in [6, 6.07) is 11.2. The van der Waals surface area contributed by atoms with E-state index in [0.717, 1.165) is 23.3 Å². The van der Waals surface area contributed by atoms with E-state index in [2.05, 4.69) is 4.98 Å². The second kappa shape index (κ2) is 8.33. The van der Waals surface area contributed by atoms with Crippen LogP contribution in [0.25, 0.3) is 11.3 Å². The third-order valence-corrected chi connectivity index (χ3v) is 4.84. The maximum atomic E-state index is 13.4. The Labute approximate surface area is 162 Å². The molecule has 0 aliphatic rings. The molecule has 0 aliphatic heterocycles. The molecule has 1 atom stereocenters. The summed E-state index contributed by atoms with van der Waals surface area (Å²) in [5.41, 5.74) is 2.62. The molecule has 3 aromatic rings. The van der Waals surface area contributed by atoms with Crippen molar-refractivity contribution in [1.82, 2.24) is 9.88 Å². The Morgan fingerprint density at radius 1 is 1.14 bits per heavy atom. The minimum absolute atomic E-state index is 0.132. The summed E-state index contributed by atoms with van der Waals surface area (Å²) >= 11 is 0. The molecule has 28 heavy (non-hydrogen) atoms. The van der Waals surface area contributed by atoms with Gasteiger partial charge in [-0.25, -0.2) is 13.8 Å². The van der Waals surface area contributed by atoms with Gasteiger partial charge in [0.1, 0.15) is 0 Å². The van der Waals surface area contributed by atoms with Gasteiger partial charge in [-0.3, -0.25) is 4.79 Å². The fourth-order valence-electron chi connectivity index (χ4n) is 2.88. The van der Waals surface area contributed by atoms with E-state index >= 15 is 0 Å². The minimum Gasteiger partial charge on any atom is -0.441 e. The fourth-order valence-corrected chi connectivity index (χ4v) is 2.88. The molecule has 3 rings (SSSR count). The van der Waals surface area contributed by atoms with Crippen molar-refractivity contribution >= 4 is 5.91 Å². The van der Waals surface area contributed by atoms with Crippen LogP contribution in [-0.4, -0.2) is 22.8 Å². The smallest absolute Gasteiger partial charge is 0.223 e. The molecule has 1 unspecified atom stereocenters. The van der Waals surface area contributed by atoms with Crippen LogP contribution in [0.5, 0.6) is 0 Å². The van der Waals surface area contributed by atoms with E-state index in [0.29, 0.717) is 23.6 Å². The maximum Gasteiger partial charge on any atom is 0.223 e. The fraction of sp³-hybridized carbons (Fsp3) is 0.273. The Balaban J connectivity index is 1.60. The molecule has 146 valence electrons. The van der Waals surface area contributed by atoms with Crippen LogP contribution in [0, 0.1) is 18.6 Å². The summed E-state index contributed by atoms with van der Waals surface area (Å²) in [6.07, 6.45) is 2.22. The SMILES string of the molecule is Cc1ccc(-c2cnc(CCC(=O)N(C)C(C)c3ccc(F)c(F)c3)o2)cc1. The van der Waals surface area contributed by atoms with E-state index in [-0.39, 0.29) is 18.4 Å². The number of aromatic nitrogens is 1. The number of carbonyl (C=O) groups is 1. The summed E-state index contributed by atoms with van der Waals surface area (Å²) in [5.74, 6) is -0.817. The predicted octanol–water partition coefficient (Wildman–Crippen LogP) is 5.08. The predicted molar refractivity (Wildman–Crippen MR) is 103 cm³/mol. The molecule has 1 amide bonds. The maximum absolute atomic E-state index is 13.4. The van der Waals surface area contributed by atoms with Gasteiger partial charge < -0.3 is 9.32 Å². The number of nitrogens with zero attached hydrogens (tertiary/aromatic N) is 2. The number of hydrogen-bond donors (Lipinski definition) is 0. The van der Waals surface area contributed by atoms with Crippen LogP contribution < -0.4 is 0 Å². The zero-order valence-corrected chi connectivity index (χ0v) is 16.1. The minimum atomic E-state index is -0.923. The topological polar surface area (TPSA) is 46.3 Å². The van der Waals surface area contributed by atoms with Gasteiger partial charge >= 0.3 is 0 Å². The van der Waals surface area contributed by atoms with Crippen molar-refractivity contribution in [3.8, 4) is 11.3 Å². The average Bonchev–Trinajstić information content (AvgIpc) is 3.16. The molecule has 1 aromatic heterocycles. The lowest BCUT2D eigenvalue weighted by Crippen LogP contribution is -2.30. The lowest BCUT2D eigenvalue weighted by Gasteiger charge is -2.25. The van der Waals surface area contributed by atoms with Crippen molar-refractivity contribution < 1.29 is 18.0 Å². The zero-order chi connectivity index (χ0) is 20.3. The molecule has 0 fully saturated rings. The lowest BCUT2D eigenvalue weighted by atomic mass is 10.1. The highest BCUT2D eigenvalue weighted by atomic mass is 19.2. The monoisotopic (exact) mass is 384 g/mol. The summed E-state index contributed by atoms with van der Waals surface area (Å²) in [7, 11) is 1.64. The highest BCUT2D eigenvalue weighted by molar-refractivity contribution is 5.76. The van der Waals surface area contributed by atoms with Crippen molar-refractivity contribution in [2.24, 2.45) is 0 Å². The molecule has 6 heteroatoms. The Kier molecular flexibility index (Phi) is 5.87. The van der Waals surface area contributed by atoms with Crippen LogP contribution in [0.1, 0.15) is 36.4 Å². The molecule has 0 saturated heterocycles. The van der Waals surface area contributed by atoms with Crippen LogP contribution in [0.4, 0.5) is 8.78 Å². The zero-order valence-electron chi connectivity index (χ0n) is 16.1. The van der Waals surface area contributed by atoms with Gasteiger partial charge in [0.2, 0.25) is 5.91 Å². The van der Waals surface area contributed by atoms with E-state index in [4.69, 9.17) is 4.42 Å². The van der Waals surface area contributed by atoms with E-state index in [1.165, 1.54) is 11.0 Å². The molecule has 1 heterocycles. The summed E-state index contributed by atoms with van der Waals surface area (Å²) in [5, 5.41) is 0. The lowest BCUT2D eigenvalue weighted by molar-refractivity contribution is -0.131. The molecule has 4 nitrogen and oxygen atoms in total. The highest BCUT2D eigenvalue weighted by Crippen LogP contribution is 2.23. The number of oxazole rings is 1. The van der Waals surface area contributed by atoms with Crippen LogP contribution in [0.2, 0.25) is 0 Å². The van der Waals surface area contributed by atoms with Gasteiger partial charge in [0.25, 0.3) is 0 Å². The van der Waals surface area contributed by atoms with Crippen molar-refractivity contribution in [1.29, 1.82) is 0 Å². The van der Waals surface area contributed by atoms with Gasteiger partial charge in [0.15, 0.2) is 23.3 Å². The molecular weight excluding hydrogens is 362 g/mol. The Morgan fingerprint density at radius 3 is 2.54 bits per heavy atom. The van der Waals surface area contributed by atoms with Crippen LogP contribution in [0.15, 0.2) is 53.1 Å². The summed E-state index contributed by atoms with van der Waals surface area (Å²) in [6.45, 7) is 3.78. The first-order valence-corrected chi connectivity index (χ1v) is 9.07. The van der Waals surface area contributed by atoms with Crippen molar-refractivity contribution in [3.63, 3.8) is 0 Å². The van der Waals surface area contributed by atoms with Gasteiger partial charge in [0, 0.05) is 25.5 Å².